The minimum Gasteiger partial charge on any atom is -0.467 e. The van der Waals surface area contributed by atoms with E-state index in [0.29, 0.717) is 30.3 Å². The van der Waals surface area contributed by atoms with Crippen molar-refractivity contribution in [3.63, 3.8) is 0 Å². The van der Waals surface area contributed by atoms with Gasteiger partial charge in [-0.25, -0.2) is 13.2 Å². The van der Waals surface area contributed by atoms with Crippen molar-refractivity contribution in [3.05, 3.63) is 53.5 Å². The molecule has 0 aliphatic carbocycles. The summed E-state index contributed by atoms with van der Waals surface area (Å²) in [5.41, 5.74) is 1.77. The number of furan rings is 1. The lowest BCUT2D eigenvalue weighted by Gasteiger charge is -2.34. The van der Waals surface area contributed by atoms with E-state index in [1.807, 2.05) is 13.0 Å². The van der Waals surface area contributed by atoms with Crippen LogP contribution in [-0.2, 0) is 16.6 Å². The summed E-state index contributed by atoms with van der Waals surface area (Å²) in [5.74, 6) is 0.675. The molecule has 140 valence electrons. The highest BCUT2D eigenvalue weighted by Gasteiger charge is 2.31. The Bertz CT molecular complexity index is 870. The fourth-order valence-corrected chi connectivity index (χ4v) is 4.68. The highest BCUT2D eigenvalue weighted by molar-refractivity contribution is 7.89. The molecule has 0 unspecified atom stereocenters. The van der Waals surface area contributed by atoms with Crippen LogP contribution in [0.1, 0.15) is 16.9 Å². The van der Waals surface area contributed by atoms with Gasteiger partial charge in [-0.3, -0.25) is 0 Å². The predicted octanol–water partition coefficient (Wildman–Crippen LogP) is 2.11. The first kappa shape index (κ1) is 18.5. The maximum Gasteiger partial charge on any atom is 0.317 e. The number of sulfonamides is 1. The first-order valence-electron chi connectivity index (χ1n) is 8.50. The van der Waals surface area contributed by atoms with Gasteiger partial charge in [0.15, 0.2) is 0 Å². The summed E-state index contributed by atoms with van der Waals surface area (Å²) < 4.78 is 32.4. The quantitative estimate of drug-likeness (QED) is 0.885. The summed E-state index contributed by atoms with van der Waals surface area (Å²) in [6, 6.07) is 8.66. The second-order valence-electron chi connectivity index (χ2n) is 6.40. The Morgan fingerprint density at radius 2 is 1.88 bits per heavy atom. The van der Waals surface area contributed by atoms with Gasteiger partial charge in [0.05, 0.1) is 17.7 Å². The molecular weight excluding hydrogens is 354 g/mol. The van der Waals surface area contributed by atoms with Gasteiger partial charge < -0.3 is 14.6 Å². The monoisotopic (exact) mass is 377 g/mol. The van der Waals surface area contributed by atoms with Crippen molar-refractivity contribution in [3.8, 4) is 0 Å². The molecule has 0 atom stereocenters. The summed E-state index contributed by atoms with van der Waals surface area (Å²) in [7, 11) is -3.55. The van der Waals surface area contributed by atoms with E-state index in [9.17, 15) is 13.2 Å². The number of urea groups is 1. The van der Waals surface area contributed by atoms with Gasteiger partial charge in [0.25, 0.3) is 0 Å². The summed E-state index contributed by atoms with van der Waals surface area (Å²) in [5, 5.41) is 2.78. The number of amides is 2. The number of aryl methyl sites for hydroxylation is 2. The zero-order chi connectivity index (χ0) is 18.7. The van der Waals surface area contributed by atoms with E-state index in [-0.39, 0.29) is 19.1 Å². The number of carbonyl (C=O) groups is 1. The first-order chi connectivity index (χ1) is 12.4. The van der Waals surface area contributed by atoms with Gasteiger partial charge in [-0.15, -0.1) is 0 Å². The van der Waals surface area contributed by atoms with Crippen LogP contribution in [-0.4, -0.2) is 49.8 Å². The molecule has 0 radical (unpaired) electrons. The van der Waals surface area contributed by atoms with Crippen LogP contribution >= 0.6 is 0 Å². The Hall–Kier alpha value is -2.32. The van der Waals surface area contributed by atoms with Crippen molar-refractivity contribution in [2.24, 2.45) is 0 Å². The Morgan fingerprint density at radius 3 is 2.50 bits per heavy atom. The molecule has 1 aromatic carbocycles. The van der Waals surface area contributed by atoms with Crippen molar-refractivity contribution < 1.29 is 17.6 Å². The van der Waals surface area contributed by atoms with E-state index in [1.54, 1.807) is 42.4 Å². The van der Waals surface area contributed by atoms with Gasteiger partial charge in [0, 0.05) is 26.2 Å². The Morgan fingerprint density at radius 1 is 1.15 bits per heavy atom. The molecule has 1 N–H and O–H groups in total. The summed E-state index contributed by atoms with van der Waals surface area (Å²) in [4.78, 5) is 14.2. The fourth-order valence-electron chi connectivity index (χ4n) is 3.05. The first-order valence-corrected chi connectivity index (χ1v) is 9.94. The summed E-state index contributed by atoms with van der Waals surface area (Å²) in [6.45, 7) is 5.32. The van der Waals surface area contributed by atoms with E-state index in [1.165, 1.54) is 4.31 Å². The second-order valence-corrected chi connectivity index (χ2v) is 8.30. The van der Waals surface area contributed by atoms with Gasteiger partial charge in [0.2, 0.25) is 10.0 Å². The van der Waals surface area contributed by atoms with Crippen LogP contribution in [0.25, 0.3) is 0 Å². The number of hydrogen-bond acceptors (Lipinski definition) is 4. The number of benzene rings is 1. The van der Waals surface area contributed by atoms with Crippen molar-refractivity contribution >= 4 is 16.1 Å². The normalized spacial score (nSPS) is 15.8. The molecular formula is C18H23N3O4S. The Balaban J connectivity index is 1.59. The predicted molar refractivity (Wildman–Crippen MR) is 97.2 cm³/mol. The number of nitrogens with one attached hydrogen (secondary N) is 1. The van der Waals surface area contributed by atoms with Crippen LogP contribution < -0.4 is 5.32 Å². The molecule has 8 heteroatoms. The standard InChI is InChI=1S/C18H23N3O4S/c1-14-5-6-17(15(2)12-14)26(23,24)21-9-7-20(8-10-21)18(22)19-13-16-4-3-11-25-16/h3-6,11-12H,7-10,13H2,1-2H3,(H,19,22). The lowest BCUT2D eigenvalue weighted by molar-refractivity contribution is 0.171. The molecule has 1 saturated heterocycles. The maximum atomic E-state index is 12.9. The highest BCUT2D eigenvalue weighted by atomic mass is 32.2. The number of hydrogen-bond donors (Lipinski definition) is 1. The van der Waals surface area contributed by atoms with E-state index in [0.717, 1.165) is 11.1 Å². The van der Waals surface area contributed by atoms with Crippen LogP contribution in [0, 0.1) is 13.8 Å². The molecule has 2 heterocycles. The third kappa shape index (κ3) is 3.91. The third-order valence-corrected chi connectivity index (χ3v) is 6.53. The van der Waals surface area contributed by atoms with Crippen LogP contribution in [0.2, 0.25) is 0 Å². The molecule has 26 heavy (non-hydrogen) atoms. The largest absolute Gasteiger partial charge is 0.467 e. The zero-order valence-corrected chi connectivity index (χ0v) is 15.8. The smallest absolute Gasteiger partial charge is 0.317 e. The molecule has 0 saturated carbocycles. The van der Waals surface area contributed by atoms with Crippen LogP contribution in [0.3, 0.4) is 0 Å². The number of nitrogens with zero attached hydrogens (tertiary/aromatic N) is 2. The summed E-state index contributed by atoms with van der Waals surface area (Å²) in [6.07, 6.45) is 1.55. The van der Waals surface area contributed by atoms with Gasteiger partial charge >= 0.3 is 6.03 Å². The third-order valence-electron chi connectivity index (χ3n) is 4.47. The number of rotatable bonds is 4. The average Bonchev–Trinajstić information content (AvgIpc) is 3.13. The Labute approximate surface area is 153 Å². The second kappa shape index (κ2) is 7.51. The molecule has 1 aromatic heterocycles. The van der Waals surface area contributed by atoms with E-state index < -0.39 is 10.0 Å². The van der Waals surface area contributed by atoms with E-state index in [2.05, 4.69) is 5.32 Å². The van der Waals surface area contributed by atoms with Crippen molar-refractivity contribution in [1.29, 1.82) is 0 Å². The van der Waals surface area contributed by atoms with E-state index >= 15 is 0 Å². The molecule has 3 rings (SSSR count). The Kier molecular flexibility index (Phi) is 5.33. The number of piperazine rings is 1. The van der Waals surface area contributed by atoms with Gasteiger partial charge in [0.1, 0.15) is 5.76 Å². The topological polar surface area (TPSA) is 82.9 Å². The minimum atomic E-state index is -3.55. The fraction of sp³-hybridized carbons (Fsp3) is 0.389. The van der Waals surface area contributed by atoms with Crippen LogP contribution in [0.5, 0.6) is 0 Å². The number of carbonyl (C=O) groups excluding carboxylic acids is 1. The maximum absolute atomic E-state index is 12.9. The SMILES string of the molecule is Cc1ccc(S(=O)(=O)N2CCN(C(=O)NCc3ccco3)CC2)c(C)c1. The minimum absolute atomic E-state index is 0.218. The lowest BCUT2D eigenvalue weighted by Crippen LogP contribution is -2.53. The average molecular weight is 377 g/mol. The molecule has 0 spiro atoms. The molecule has 7 nitrogen and oxygen atoms in total. The van der Waals surface area contributed by atoms with E-state index in [4.69, 9.17) is 4.42 Å². The van der Waals surface area contributed by atoms with Crippen LogP contribution in [0.15, 0.2) is 45.9 Å². The molecule has 1 fully saturated rings. The molecule has 2 amide bonds. The molecule has 1 aliphatic heterocycles. The van der Waals surface area contributed by atoms with Crippen molar-refractivity contribution in [2.45, 2.75) is 25.3 Å². The van der Waals surface area contributed by atoms with Gasteiger partial charge in [-0.2, -0.15) is 4.31 Å². The lowest BCUT2D eigenvalue weighted by atomic mass is 10.2. The zero-order valence-electron chi connectivity index (χ0n) is 14.9. The molecule has 1 aliphatic rings. The summed E-state index contributed by atoms with van der Waals surface area (Å²) >= 11 is 0. The van der Waals surface area contributed by atoms with Gasteiger partial charge in [-0.1, -0.05) is 17.7 Å². The van der Waals surface area contributed by atoms with Crippen LogP contribution in [0.4, 0.5) is 4.79 Å². The van der Waals surface area contributed by atoms with Gasteiger partial charge in [-0.05, 0) is 37.6 Å². The van der Waals surface area contributed by atoms with Crippen molar-refractivity contribution in [1.82, 2.24) is 14.5 Å². The molecule has 2 aromatic rings. The molecule has 0 bridgehead atoms. The highest BCUT2D eigenvalue weighted by Crippen LogP contribution is 2.22. The van der Waals surface area contributed by atoms with Crippen molar-refractivity contribution in [2.75, 3.05) is 26.2 Å².